The van der Waals surface area contributed by atoms with Gasteiger partial charge in [0, 0.05) is 38.1 Å². The molecule has 2 aromatic rings. The fraction of sp³-hybridized carbons (Fsp3) is 0.467. The predicted octanol–water partition coefficient (Wildman–Crippen LogP) is 1.24. The zero-order chi connectivity index (χ0) is 16.4. The van der Waals surface area contributed by atoms with Crippen molar-refractivity contribution >= 4 is 28.2 Å². The highest BCUT2D eigenvalue weighted by atomic mass is 32.1. The molecule has 0 aliphatic carbocycles. The quantitative estimate of drug-likeness (QED) is 0.911. The lowest BCUT2D eigenvalue weighted by Crippen LogP contribution is -2.47. The molecule has 0 radical (unpaired) electrons. The van der Waals surface area contributed by atoms with Gasteiger partial charge in [-0.15, -0.1) is 21.5 Å². The van der Waals surface area contributed by atoms with Crippen LogP contribution in [0.2, 0.25) is 0 Å². The van der Waals surface area contributed by atoms with Crippen LogP contribution in [0.4, 0.5) is 10.9 Å². The van der Waals surface area contributed by atoms with Gasteiger partial charge in [-0.1, -0.05) is 0 Å². The fourth-order valence-electron chi connectivity index (χ4n) is 2.46. The van der Waals surface area contributed by atoms with Crippen molar-refractivity contribution in [2.24, 2.45) is 0 Å². The molecule has 0 atom stereocenters. The van der Waals surface area contributed by atoms with Gasteiger partial charge in [-0.3, -0.25) is 4.79 Å². The number of carbonyl (C=O) groups excluding carboxylic acids is 1. The number of nitrogens with zero attached hydrogens (tertiary/aromatic N) is 5. The monoisotopic (exact) mass is 332 g/mol. The van der Waals surface area contributed by atoms with Crippen molar-refractivity contribution in [2.45, 2.75) is 13.8 Å². The van der Waals surface area contributed by atoms with Crippen LogP contribution in [-0.4, -0.2) is 54.3 Å². The lowest BCUT2D eigenvalue weighted by Gasteiger charge is -2.35. The van der Waals surface area contributed by atoms with Crippen molar-refractivity contribution in [3.8, 4) is 0 Å². The van der Waals surface area contributed by atoms with Crippen molar-refractivity contribution in [3.63, 3.8) is 0 Å². The normalized spacial score (nSPS) is 14.9. The summed E-state index contributed by atoms with van der Waals surface area (Å²) >= 11 is 1.75. The van der Waals surface area contributed by atoms with Crippen LogP contribution in [0.1, 0.15) is 21.1 Å². The third-order valence-corrected chi connectivity index (χ3v) is 5.14. The number of hydrogen-bond donors (Lipinski definition) is 1. The molecular weight excluding hydrogens is 312 g/mol. The van der Waals surface area contributed by atoms with E-state index in [1.54, 1.807) is 24.5 Å². The van der Waals surface area contributed by atoms with E-state index in [9.17, 15) is 4.79 Å². The summed E-state index contributed by atoms with van der Waals surface area (Å²) in [5.41, 5.74) is 1.45. The Morgan fingerprint density at radius 3 is 2.35 bits per heavy atom. The molecule has 7 nitrogen and oxygen atoms in total. The van der Waals surface area contributed by atoms with Crippen LogP contribution in [-0.2, 0) is 0 Å². The van der Waals surface area contributed by atoms with Gasteiger partial charge in [-0.25, -0.2) is 4.98 Å². The van der Waals surface area contributed by atoms with Crippen molar-refractivity contribution in [1.29, 1.82) is 0 Å². The van der Waals surface area contributed by atoms with Gasteiger partial charge in [0.05, 0.1) is 5.69 Å². The molecule has 0 aromatic carbocycles. The van der Waals surface area contributed by atoms with Crippen LogP contribution < -0.4 is 15.1 Å². The lowest BCUT2D eigenvalue weighted by molar-refractivity contribution is 0.0957. The Labute approximate surface area is 139 Å². The highest BCUT2D eigenvalue weighted by Crippen LogP contribution is 2.26. The van der Waals surface area contributed by atoms with Gasteiger partial charge >= 0.3 is 0 Å². The average molecular weight is 332 g/mol. The maximum atomic E-state index is 11.5. The number of carbonyl (C=O) groups is 1. The minimum atomic E-state index is -0.219. The molecule has 1 fully saturated rings. The van der Waals surface area contributed by atoms with Gasteiger partial charge in [-0.2, -0.15) is 0 Å². The molecule has 0 bridgehead atoms. The van der Waals surface area contributed by atoms with Crippen LogP contribution >= 0.6 is 11.3 Å². The smallest absolute Gasteiger partial charge is 0.271 e. The maximum Gasteiger partial charge on any atom is 0.271 e. The van der Waals surface area contributed by atoms with Crippen LogP contribution in [0.5, 0.6) is 0 Å². The van der Waals surface area contributed by atoms with Crippen LogP contribution in [0.25, 0.3) is 0 Å². The molecule has 1 saturated heterocycles. The molecule has 3 rings (SSSR count). The van der Waals surface area contributed by atoms with Gasteiger partial charge in [0.1, 0.15) is 0 Å². The van der Waals surface area contributed by atoms with Gasteiger partial charge in [0.2, 0.25) is 0 Å². The largest absolute Gasteiger partial charge is 0.354 e. The molecule has 8 heteroatoms. The Bertz CT molecular complexity index is 671. The molecule has 0 spiro atoms. The van der Waals surface area contributed by atoms with Gasteiger partial charge < -0.3 is 15.1 Å². The van der Waals surface area contributed by atoms with E-state index in [0.29, 0.717) is 5.69 Å². The predicted molar refractivity (Wildman–Crippen MR) is 91.4 cm³/mol. The number of rotatable bonds is 3. The van der Waals surface area contributed by atoms with Crippen molar-refractivity contribution in [1.82, 2.24) is 20.5 Å². The topological polar surface area (TPSA) is 74.2 Å². The van der Waals surface area contributed by atoms with E-state index in [2.05, 4.69) is 44.1 Å². The van der Waals surface area contributed by atoms with Crippen molar-refractivity contribution in [2.75, 3.05) is 43.0 Å². The summed E-state index contributed by atoms with van der Waals surface area (Å²) < 4.78 is 0. The number of piperazine rings is 1. The molecule has 23 heavy (non-hydrogen) atoms. The Morgan fingerprint density at radius 2 is 1.83 bits per heavy atom. The summed E-state index contributed by atoms with van der Waals surface area (Å²) in [4.78, 5) is 21.9. The first-order valence-electron chi connectivity index (χ1n) is 7.58. The van der Waals surface area contributed by atoms with E-state index in [1.807, 2.05) is 6.07 Å². The molecule has 1 N–H and O–H groups in total. The number of nitrogens with one attached hydrogen (secondary N) is 1. The summed E-state index contributed by atoms with van der Waals surface area (Å²) in [6.45, 7) is 7.71. The summed E-state index contributed by atoms with van der Waals surface area (Å²) in [5.74, 6) is 0.590. The molecule has 1 aliphatic rings. The zero-order valence-electron chi connectivity index (χ0n) is 13.5. The number of amides is 1. The highest BCUT2D eigenvalue weighted by molar-refractivity contribution is 7.15. The Hall–Kier alpha value is -2.22. The fourth-order valence-corrected chi connectivity index (χ4v) is 3.42. The first-order valence-corrected chi connectivity index (χ1v) is 8.40. The molecule has 122 valence electrons. The minimum Gasteiger partial charge on any atom is -0.354 e. The molecule has 0 unspecified atom stereocenters. The van der Waals surface area contributed by atoms with E-state index in [-0.39, 0.29) is 5.91 Å². The Balaban J connectivity index is 1.63. The summed E-state index contributed by atoms with van der Waals surface area (Å²) in [5, 5.41) is 11.8. The average Bonchev–Trinajstić information content (AvgIpc) is 2.93. The summed E-state index contributed by atoms with van der Waals surface area (Å²) in [6.07, 6.45) is 0. The van der Waals surface area contributed by atoms with Gasteiger partial charge in [0.15, 0.2) is 16.6 Å². The maximum absolute atomic E-state index is 11.5. The SMILES string of the molecule is CNC(=O)c1ccc(N2CCN(c3nc(C)c(C)s3)CC2)nn1. The second kappa shape index (κ2) is 6.49. The molecule has 2 aromatic heterocycles. The zero-order valence-corrected chi connectivity index (χ0v) is 14.4. The van der Waals surface area contributed by atoms with Crippen LogP contribution in [0.15, 0.2) is 12.1 Å². The van der Waals surface area contributed by atoms with E-state index < -0.39 is 0 Å². The Kier molecular flexibility index (Phi) is 4.42. The minimum absolute atomic E-state index is 0.219. The number of anilines is 2. The van der Waals surface area contributed by atoms with Gasteiger partial charge in [-0.05, 0) is 26.0 Å². The second-order valence-electron chi connectivity index (χ2n) is 5.47. The molecule has 1 amide bonds. The van der Waals surface area contributed by atoms with Crippen LogP contribution in [0.3, 0.4) is 0 Å². The first-order chi connectivity index (χ1) is 11.1. The number of aryl methyl sites for hydroxylation is 2. The van der Waals surface area contributed by atoms with E-state index in [0.717, 1.165) is 42.8 Å². The Morgan fingerprint density at radius 1 is 1.13 bits per heavy atom. The van der Waals surface area contributed by atoms with Gasteiger partial charge in [0.25, 0.3) is 5.91 Å². The van der Waals surface area contributed by atoms with Crippen LogP contribution in [0, 0.1) is 13.8 Å². The number of hydrogen-bond acceptors (Lipinski definition) is 7. The molecule has 0 saturated carbocycles. The third kappa shape index (κ3) is 3.26. The van der Waals surface area contributed by atoms with E-state index >= 15 is 0 Å². The molecular formula is C15H20N6OS. The lowest BCUT2D eigenvalue weighted by atomic mass is 10.3. The third-order valence-electron chi connectivity index (χ3n) is 4.00. The first kappa shape index (κ1) is 15.7. The standard InChI is InChI=1S/C15H20N6OS/c1-10-11(2)23-15(17-10)21-8-6-20(7-9-21)13-5-4-12(18-19-13)14(22)16-3/h4-5H,6-9H2,1-3H3,(H,16,22). The van der Waals surface area contributed by atoms with E-state index in [4.69, 9.17) is 0 Å². The number of aromatic nitrogens is 3. The highest BCUT2D eigenvalue weighted by Gasteiger charge is 2.21. The van der Waals surface area contributed by atoms with E-state index in [1.165, 1.54) is 4.88 Å². The number of thiazole rings is 1. The second-order valence-corrected chi connectivity index (χ2v) is 6.65. The molecule has 3 heterocycles. The van der Waals surface area contributed by atoms with Crippen molar-refractivity contribution < 1.29 is 4.79 Å². The summed E-state index contributed by atoms with van der Waals surface area (Å²) in [6, 6.07) is 3.56. The molecule has 1 aliphatic heterocycles. The summed E-state index contributed by atoms with van der Waals surface area (Å²) in [7, 11) is 1.58. The van der Waals surface area contributed by atoms with Crippen molar-refractivity contribution in [3.05, 3.63) is 28.4 Å².